The third kappa shape index (κ3) is 2.89. The molecule has 2 heterocycles. The van der Waals surface area contributed by atoms with Crippen LogP contribution in [-0.2, 0) is 20.7 Å². The molecule has 0 unspecified atom stereocenters. The summed E-state index contributed by atoms with van der Waals surface area (Å²) in [5.74, 6) is 0.606. The molecule has 0 amide bonds. The fourth-order valence-electron chi connectivity index (χ4n) is 2.05. The first-order valence-electron chi connectivity index (χ1n) is 6.78. The Morgan fingerprint density at radius 3 is 2.48 bits per heavy atom. The molecule has 0 aliphatic carbocycles. The quantitative estimate of drug-likeness (QED) is 0.652. The van der Waals surface area contributed by atoms with Gasteiger partial charge in [0.2, 0.25) is 0 Å². The molecular weight excluding hydrogens is 300 g/mol. The van der Waals surface area contributed by atoms with Gasteiger partial charge in [-0.25, -0.2) is 9.48 Å². The third-order valence-corrected chi connectivity index (χ3v) is 3.46. The van der Waals surface area contributed by atoms with Gasteiger partial charge in [-0.2, -0.15) is 0 Å². The summed E-state index contributed by atoms with van der Waals surface area (Å²) < 4.78 is 9.58. The molecule has 118 valence electrons. The number of ether oxygens (including phenoxy) is 1. The van der Waals surface area contributed by atoms with Crippen molar-refractivity contribution in [3.05, 3.63) is 63.2 Å². The molecular formula is C14H14N6O3. The van der Waals surface area contributed by atoms with Crippen LogP contribution in [0.1, 0.15) is 5.69 Å². The Labute approximate surface area is 130 Å². The molecule has 2 aromatic heterocycles. The highest BCUT2D eigenvalue weighted by molar-refractivity contribution is 5.36. The fraction of sp³-hybridized carbons (Fsp3) is 0.214. The Balaban J connectivity index is 1.77. The van der Waals surface area contributed by atoms with Gasteiger partial charge in [-0.15, -0.1) is 5.10 Å². The number of aromatic nitrogens is 6. The average molecular weight is 314 g/mol. The molecule has 0 aliphatic rings. The second-order valence-electron chi connectivity index (χ2n) is 4.91. The molecule has 0 saturated carbocycles. The lowest BCUT2D eigenvalue weighted by molar-refractivity contribution is 0.293. The van der Waals surface area contributed by atoms with Gasteiger partial charge in [0.25, 0.3) is 5.56 Å². The molecule has 0 aliphatic heterocycles. The van der Waals surface area contributed by atoms with Gasteiger partial charge in [0.15, 0.2) is 0 Å². The van der Waals surface area contributed by atoms with E-state index in [0.717, 1.165) is 10.3 Å². The van der Waals surface area contributed by atoms with Crippen LogP contribution in [0.2, 0.25) is 0 Å². The third-order valence-electron chi connectivity index (χ3n) is 3.46. The Hall–Kier alpha value is -3.23. The van der Waals surface area contributed by atoms with Crippen LogP contribution < -0.4 is 16.0 Å². The highest BCUT2D eigenvalue weighted by atomic mass is 16.5. The van der Waals surface area contributed by atoms with Gasteiger partial charge in [0.1, 0.15) is 18.7 Å². The Morgan fingerprint density at radius 1 is 1.09 bits per heavy atom. The van der Waals surface area contributed by atoms with Crippen molar-refractivity contribution in [3.8, 4) is 11.4 Å². The molecule has 0 spiro atoms. The minimum Gasteiger partial charge on any atom is -0.487 e. The van der Waals surface area contributed by atoms with Gasteiger partial charge in [-0.05, 0) is 34.7 Å². The van der Waals surface area contributed by atoms with Crippen molar-refractivity contribution < 1.29 is 4.74 Å². The molecule has 3 rings (SSSR count). The van der Waals surface area contributed by atoms with Crippen LogP contribution in [0, 0.1) is 0 Å². The summed E-state index contributed by atoms with van der Waals surface area (Å²) >= 11 is 0. The van der Waals surface area contributed by atoms with Crippen LogP contribution in [-0.4, -0.2) is 29.3 Å². The minimum absolute atomic E-state index is 0.117. The largest absolute Gasteiger partial charge is 0.487 e. The summed E-state index contributed by atoms with van der Waals surface area (Å²) in [6.45, 7) is 0.117. The van der Waals surface area contributed by atoms with Crippen molar-refractivity contribution in [3.63, 3.8) is 0 Å². The van der Waals surface area contributed by atoms with E-state index in [1.54, 1.807) is 31.3 Å². The fourth-order valence-corrected chi connectivity index (χ4v) is 2.05. The standard InChI is InChI=1S/C14H14N6O3/c1-18-11(7-13(21)19(2)14(18)22)8-23-12-5-3-10(4-6-12)20-9-15-16-17-20/h3-7,9H,8H2,1-2H3. The molecule has 1 aromatic carbocycles. The maximum atomic E-state index is 11.8. The Kier molecular flexibility index (Phi) is 3.75. The number of hydrogen-bond donors (Lipinski definition) is 0. The number of hydrogen-bond acceptors (Lipinski definition) is 6. The molecule has 3 aromatic rings. The van der Waals surface area contributed by atoms with Gasteiger partial charge in [0.05, 0.1) is 11.4 Å². The normalized spacial score (nSPS) is 10.7. The van der Waals surface area contributed by atoms with Gasteiger partial charge < -0.3 is 4.74 Å². The maximum absolute atomic E-state index is 11.8. The Bertz CT molecular complexity index is 925. The van der Waals surface area contributed by atoms with Crippen molar-refractivity contribution in [1.82, 2.24) is 29.3 Å². The summed E-state index contributed by atoms with van der Waals surface area (Å²) in [4.78, 5) is 23.5. The van der Waals surface area contributed by atoms with Crippen LogP contribution in [0.4, 0.5) is 0 Å². The zero-order chi connectivity index (χ0) is 16.4. The molecule has 23 heavy (non-hydrogen) atoms. The van der Waals surface area contributed by atoms with Crippen molar-refractivity contribution in [1.29, 1.82) is 0 Å². The van der Waals surface area contributed by atoms with E-state index in [1.165, 1.54) is 28.7 Å². The predicted molar refractivity (Wildman–Crippen MR) is 80.4 cm³/mol. The van der Waals surface area contributed by atoms with Gasteiger partial charge >= 0.3 is 5.69 Å². The highest BCUT2D eigenvalue weighted by Crippen LogP contribution is 2.15. The summed E-state index contributed by atoms with van der Waals surface area (Å²) in [6.07, 6.45) is 1.49. The zero-order valence-corrected chi connectivity index (χ0v) is 12.6. The van der Waals surface area contributed by atoms with Gasteiger partial charge in [0, 0.05) is 20.2 Å². The smallest absolute Gasteiger partial charge is 0.330 e. The molecule has 9 nitrogen and oxygen atoms in total. The van der Waals surface area contributed by atoms with Crippen molar-refractivity contribution in [2.45, 2.75) is 6.61 Å². The summed E-state index contributed by atoms with van der Waals surface area (Å²) in [5, 5.41) is 10.9. The number of rotatable bonds is 4. The number of benzene rings is 1. The lowest BCUT2D eigenvalue weighted by Crippen LogP contribution is -2.38. The topological polar surface area (TPSA) is 96.8 Å². The van der Waals surface area contributed by atoms with E-state index >= 15 is 0 Å². The Morgan fingerprint density at radius 2 is 1.83 bits per heavy atom. The molecule has 0 saturated heterocycles. The number of nitrogens with zero attached hydrogens (tertiary/aromatic N) is 6. The lowest BCUT2D eigenvalue weighted by Gasteiger charge is -2.11. The maximum Gasteiger partial charge on any atom is 0.330 e. The van der Waals surface area contributed by atoms with E-state index in [9.17, 15) is 9.59 Å². The van der Waals surface area contributed by atoms with Crippen LogP contribution >= 0.6 is 0 Å². The molecule has 0 bridgehead atoms. The summed E-state index contributed by atoms with van der Waals surface area (Å²) in [6, 6.07) is 8.51. The highest BCUT2D eigenvalue weighted by Gasteiger charge is 2.07. The second-order valence-corrected chi connectivity index (χ2v) is 4.91. The van der Waals surface area contributed by atoms with Crippen LogP contribution in [0.25, 0.3) is 5.69 Å². The monoisotopic (exact) mass is 314 g/mol. The van der Waals surface area contributed by atoms with E-state index in [4.69, 9.17) is 4.74 Å². The first-order chi connectivity index (χ1) is 11.1. The molecule has 0 fully saturated rings. The first kappa shape index (κ1) is 14.7. The minimum atomic E-state index is -0.384. The van der Waals surface area contributed by atoms with Crippen LogP contribution in [0.5, 0.6) is 5.75 Å². The predicted octanol–water partition coefficient (Wildman–Crippen LogP) is -0.361. The molecule has 0 atom stereocenters. The van der Waals surface area contributed by atoms with Crippen molar-refractivity contribution >= 4 is 0 Å². The van der Waals surface area contributed by atoms with E-state index in [2.05, 4.69) is 15.5 Å². The van der Waals surface area contributed by atoms with E-state index in [0.29, 0.717) is 11.4 Å². The van der Waals surface area contributed by atoms with Gasteiger partial charge in [-0.1, -0.05) is 0 Å². The summed E-state index contributed by atoms with van der Waals surface area (Å²) in [7, 11) is 3.04. The number of tetrazole rings is 1. The summed E-state index contributed by atoms with van der Waals surface area (Å²) in [5.41, 5.74) is 0.553. The molecule has 0 radical (unpaired) electrons. The molecule has 0 N–H and O–H groups in total. The first-order valence-corrected chi connectivity index (χ1v) is 6.78. The van der Waals surface area contributed by atoms with E-state index in [1.807, 2.05) is 0 Å². The zero-order valence-electron chi connectivity index (χ0n) is 12.6. The van der Waals surface area contributed by atoms with Crippen molar-refractivity contribution in [2.24, 2.45) is 14.1 Å². The SMILES string of the molecule is Cn1c(COc2ccc(-n3cnnn3)cc2)cc(=O)n(C)c1=O. The van der Waals surface area contributed by atoms with E-state index in [-0.39, 0.29) is 17.9 Å². The lowest BCUT2D eigenvalue weighted by atomic mass is 10.3. The average Bonchev–Trinajstić information content (AvgIpc) is 3.10. The van der Waals surface area contributed by atoms with Crippen LogP contribution in [0.15, 0.2) is 46.2 Å². The second kappa shape index (κ2) is 5.87. The van der Waals surface area contributed by atoms with E-state index < -0.39 is 0 Å². The van der Waals surface area contributed by atoms with Gasteiger partial charge in [-0.3, -0.25) is 13.9 Å². The van der Waals surface area contributed by atoms with Crippen LogP contribution in [0.3, 0.4) is 0 Å². The van der Waals surface area contributed by atoms with Crippen molar-refractivity contribution in [2.75, 3.05) is 0 Å². The molecule has 9 heteroatoms.